The van der Waals surface area contributed by atoms with Crippen LogP contribution < -0.4 is 5.32 Å². The number of piperidine rings is 1. The molecule has 1 saturated heterocycles. The third-order valence-corrected chi connectivity index (χ3v) is 4.54. The molecule has 0 radical (unpaired) electrons. The third kappa shape index (κ3) is 2.41. The topological polar surface area (TPSA) is 24.5 Å². The Hall–Kier alpha value is -0.120. The lowest BCUT2D eigenvalue weighted by molar-refractivity contribution is -0.0469. The Morgan fingerprint density at radius 2 is 2.12 bits per heavy atom. The van der Waals surface area contributed by atoms with Crippen LogP contribution in [-0.4, -0.2) is 50.8 Å². The number of nitrogens with one attached hydrogen (secondary N) is 1. The van der Waals surface area contributed by atoms with Crippen molar-refractivity contribution in [2.24, 2.45) is 11.8 Å². The van der Waals surface area contributed by atoms with E-state index in [2.05, 4.69) is 24.2 Å². The Morgan fingerprint density at radius 3 is 2.69 bits per heavy atom. The molecule has 1 saturated carbocycles. The number of nitrogens with zero attached hydrogens (tertiary/aromatic N) is 1. The quantitative estimate of drug-likeness (QED) is 0.783. The highest BCUT2D eigenvalue weighted by Crippen LogP contribution is 2.34. The van der Waals surface area contributed by atoms with Crippen LogP contribution in [0.25, 0.3) is 0 Å². The molecule has 1 aliphatic heterocycles. The maximum atomic E-state index is 5.59. The highest BCUT2D eigenvalue weighted by Gasteiger charge is 2.38. The van der Waals surface area contributed by atoms with Crippen LogP contribution >= 0.6 is 0 Å². The van der Waals surface area contributed by atoms with E-state index in [0.717, 1.165) is 24.4 Å². The van der Waals surface area contributed by atoms with Crippen molar-refractivity contribution in [1.82, 2.24) is 10.2 Å². The molecule has 3 heteroatoms. The second kappa shape index (κ2) is 5.48. The van der Waals surface area contributed by atoms with Gasteiger partial charge in [0.05, 0.1) is 6.10 Å². The molecular formula is C13H26N2O. The van der Waals surface area contributed by atoms with Crippen molar-refractivity contribution in [3.63, 3.8) is 0 Å². The van der Waals surface area contributed by atoms with E-state index in [1.54, 1.807) is 0 Å². The zero-order valence-electron chi connectivity index (χ0n) is 10.9. The Labute approximate surface area is 99.5 Å². The highest BCUT2D eigenvalue weighted by atomic mass is 16.5. The van der Waals surface area contributed by atoms with Crippen LogP contribution in [0.4, 0.5) is 0 Å². The van der Waals surface area contributed by atoms with Gasteiger partial charge >= 0.3 is 0 Å². The summed E-state index contributed by atoms with van der Waals surface area (Å²) in [6.07, 6.45) is 4.53. The first-order valence-electron chi connectivity index (χ1n) is 6.67. The average Bonchev–Trinajstić information content (AvgIpc) is 2.27. The number of hydrogen-bond acceptors (Lipinski definition) is 3. The maximum absolute atomic E-state index is 5.59. The molecule has 1 aliphatic carbocycles. The predicted molar refractivity (Wildman–Crippen MR) is 66.6 cm³/mol. The summed E-state index contributed by atoms with van der Waals surface area (Å²) < 4.78 is 5.59. The van der Waals surface area contributed by atoms with Crippen LogP contribution in [0.5, 0.6) is 0 Å². The van der Waals surface area contributed by atoms with Gasteiger partial charge in [-0.15, -0.1) is 0 Å². The van der Waals surface area contributed by atoms with Crippen LogP contribution in [0.1, 0.15) is 26.2 Å². The van der Waals surface area contributed by atoms with Gasteiger partial charge in [-0.25, -0.2) is 0 Å². The van der Waals surface area contributed by atoms with Crippen molar-refractivity contribution in [1.29, 1.82) is 0 Å². The molecule has 1 N–H and O–H groups in total. The second-order valence-electron chi connectivity index (χ2n) is 5.50. The summed E-state index contributed by atoms with van der Waals surface area (Å²) in [5, 5.41) is 3.31. The van der Waals surface area contributed by atoms with Crippen LogP contribution in [0.2, 0.25) is 0 Å². The number of rotatable bonds is 4. The van der Waals surface area contributed by atoms with Gasteiger partial charge in [0.2, 0.25) is 0 Å². The van der Waals surface area contributed by atoms with Gasteiger partial charge in [-0.1, -0.05) is 6.92 Å². The first-order valence-corrected chi connectivity index (χ1v) is 6.67. The molecule has 0 aromatic heterocycles. The molecule has 2 rings (SSSR count). The van der Waals surface area contributed by atoms with E-state index in [9.17, 15) is 0 Å². The second-order valence-corrected chi connectivity index (χ2v) is 5.50. The lowest BCUT2D eigenvalue weighted by atomic mass is 9.77. The van der Waals surface area contributed by atoms with Crippen molar-refractivity contribution in [3.8, 4) is 0 Å². The molecule has 1 heterocycles. The van der Waals surface area contributed by atoms with Crippen molar-refractivity contribution in [2.45, 2.75) is 38.3 Å². The minimum Gasteiger partial charge on any atom is -0.380 e. The predicted octanol–water partition coefficient (Wildman–Crippen LogP) is 1.34. The first-order chi connectivity index (χ1) is 7.76. The van der Waals surface area contributed by atoms with Gasteiger partial charge in [0, 0.05) is 19.7 Å². The van der Waals surface area contributed by atoms with Crippen molar-refractivity contribution in [2.75, 3.05) is 33.8 Å². The first kappa shape index (κ1) is 12.3. The van der Waals surface area contributed by atoms with Gasteiger partial charge in [-0.2, -0.15) is 0 Å². The fraction of sp³-hybridized carbons (Fsp3) is 1.00. The lowest BCUT2D eigenvalue weighted by Gasteiger charge is -2.48. The summed E-state index contributed by atoms with van der Waals surface area (Å²) in [4.78, 5) is 2.67. The van der Waals surface area contributed by atoms with Crippen LogP contribution in [0, 0.1) is 11.8 Å². The minimum atomic E-state index is 0.449. The summed E-state index contributed by atoms with van der Waals surface area (Å²) in [5.41, 5.74) is 0. The van der Waals surface area contributed by atoms with Crippen LogP contribution in [-0.2, 0) is 4.74 Å². The Morgan fingerprint density at radius 1 is 1.31 bits per heavy atom. The van der Waals surface area contributed by atoms with Crippen molar-refractivity contribution < 1.29 is 4.74 Å². The summed E-state index contributed by atoms with van der Waals surface area (Å²) in [7, 11) is 3.92. The molecule has 0 bridgehead atoms. The average molecular weight is 226 g/mol. The third-order valence-electron chi connectivity index (χ3n) is 4.54. The molecule has 0 amide bonds. The van der Waals surface area contributed by atoms with Crippen molar-refractivity contribution >= 4 is 0 Å². The van der Waals surface area contributed by atoms with E-state index in [-0.39, 0.29) is 0 Å². The molecule has 94 valence electrons. The van der Waals surface area contributed by atoms with E-state index in [1.165, 1.54) is 32.4 Å². The Balaban J connectivity index is 1.86. The van der Waals surface area contributed by atoms with Crippen LogP contribution in [0.15, 0.2) is 0 Å². The summed E-state index contributed by atoms with van der Waals surface area (Å²) >= 11 is 0. The Kier molecular flexibility index (Phi) is 4.22. The number of likely N-dealkylation sites (tertiary alicyclic amines) is 1. The number of methoxy groups -OCH3 is 1. The number of ether oxygens (including phenoxy) is 1. The fourth-order valence-electron chi connectivity index (χ4n) is 3.20. The summed E-state index contributed by atoms with van der Waals surface area (Å²) in [5.74, 6) is 1.60. The molecule has 0 aromatic carbocycles. The van der Waals surface area contributed by atoms with Gasteiger partial charge < -0.3 is 10.1 Å². The zero-order chi connectivity index (χ0) is 11.5. The zero-order valence-corrected chi connectivity index (χ0v) is 10.9. The summed E-state index contributed by atoms with van der Waals surface area (Å²) in [6, 6.07) is 0.817. The number of hydrogen-bond donors (Lipinski definition) is 1. The highest BCUT2D eigenvalue weighted by molar-refractivity contribution is 4.93. The van der Waals surface area contributed by atoms with Gasteiger partial charge in [0.15, 0.2) is 0 Å². The minimum absolute atomic E-state index is 0.449. The molecular weight excluding hydrogens is 200 g/mol. The Bertz CT molecular complexity index is 222. The standard InChI is InChI=1S/C13H26N2O/c1-10-6-7-15(9-13(10)16-3)12-5-4-11(12)8-14-2/h10-14H,4-9H2,1-3H3. The molecule has 3 nitrogen and oxygen atoms in total. The van der Waals surface area contributed by atoms with Crippen LogP contribution in [0.3, 0.4) is 0 Å². The molecule has 16 heavy (non-hydrogen) atoms. The molecule has 0 spiro atoms. The fourth-order valence-corrected chi connectivity index (χ4v) is 3.20. The molecule has 4 unspecified atom stereocenters. The van der Waals surface area contributed by atoms with E-state index < -0.39 is 0 Å². The molecule has 2 aliphatic rings. The van der Waals surface area contributed by atoms with E-state index in [4.69, 9.17) is 4.74 Å². The van der Waals surface area contributed by atoms with E-state index in [0.29, 0.717) is 6.10 Å². The lowest BCUT2D eigenvalue weighted by Crippen LogP contribution is -2.55. The van der Waals surface area contributed by atoms with Gasteiger partial charge in [0.1, 0.15) is 0 Å². The largest absolute Gasteiger partial charge is 0.380 e. The molecule has 2 fully saturated rings. The van der Waals surface area contributed by atoms with Gasteiger partial charge in [-0.05, 0) is 51.2 Å². The van der Waals surface area contributed by atoms with Gasteiger partial charge in [-0.3, -0.25) is 4.90 Å². The normalized spacial score (nSPS) is 40.7. The van der Waals surface area contributed by atoms with E-state index >= 15 is 0 Å². The maximum Gasteiger partial charge on any atom is 0.0724 e. The molecule has 4 atom stereocenters. The van der Waals surface area contributed by atoms with E-state index in [1.807, 2.05) is 7.11 Å². The SMILES string of the molecule is CNCC1CCC1N1CCC(C)C(OC)C1. The smallest absolute Gasteiger partial charge is 0.0724 e. The summed E-state index contributed by atoms with van der Waals surface area (Å²) in [6.45, 7) is 5.90. The van der Waals surface area contributed by atoms with Crippen molar-refractivity contribution in [3.05, 3.63) is 0 Å². The monoisotopic (exact) mass is 226 g/mol. The molecule has 0 aromatic rings. The van der Waals surface area contributed by atoms with Gasteiger partial charge in [0.25, 0.3) is 0 Å².